The molecule has 0 fully saturated rings. The molecule has 2 aromatic rings. The average molecular weight is 380 g/mol. The molecule has 1 aliphatic rings. The summed E-state index contributed by atoms with van der Waals surface area (Å²) in [5.74, 6) is 0.780. The van der Waals surface area contributed by atoms with E-state index in [1.54, 1.807) is 6.20 Å². The molecule has 2 N–H and O–H groups in total. The van der Waals surface area contributed by atoms with E-state index < -0.39 is 0 Å². The van der Waals surface area contributed by atoms with Crippen LogP contribution in [0.3, 0.4) is 0 Å². The Morgan fingerprint density at radius 3 is 2.57 bits per heavy atom. The molecule has 0 aliphatic carbocycles. The minimum absolute atomic E-state index is 0.0787. The Balaban J connectivity index is 1.55. The van der Waals surface area contributed by atoms with Crippen LogP contribution < -0.4 is 15.4 Å². The minimum Gasteiger partial charge on any atom is -0.494 e. The predicted octanol–water partition coefficient (Wildman–Crippen LogP) is 4.51. The molecule has 0 aromatic heterocycles. The van der Waals surface area contributed by atoms with Crippen molar-refractivity contribution in [2.24, 2.45) is 0 Å². The van der Waals surface area contributed by atoms with Crippen LogP contribution in [0.15, 0.2) is 48.7 Å². The van der Waals surface area contributed by atoms with Crippen LogP contribution in [-0.2, 0) is 4.79 Å². The van der Waals surface area contributed by atoms with Gasteiger partial charge in [-0.2, -0.15) is 0 Å². The van der Waals surface area contributed by atoms with Crippen molar-refractivity contribution in [2.45, 2.75) is 27.2 Å². The van der Waals surface area contributed by atoms with Gasteiger partial charge in [-0.3, -0.25) is 4.79 Å². The number of amides is 1. The van der Waals surface area contributed by atoms with E-state index in [1.165, 1.54) is 0 Å². The summed E-state index contributed by atoms with van der Waals surface area (Å²) in [5, 5.41) is 6.13. The lowest BCUT2D eigenvalue weighted by molar-refractivity contribution is -0.110. The fourth-order valence-electron chi connectivity index (χ4n) is 3.39. The van der Waals surface area contributed by atoms with Crippen molar-refractivity contribution < 1.29 is 9.53 Å². The Morgan fingerprint density at radius 1 is 1.11 bits per heavy atom. The van der Waals surface area contributed by atoms with Crippen LogP contribution in [0.2, 0.25) is 0 Å². The number of nitrogens with one attached hydrogen (secondary N) is 2. The van der Waals surface area contributed by atoms with E-state index in [-0.39, 0.29) is 5.91 Å². The first-order valence-electron chi connectivity index (χ1n) is 9.95. The van der Waals surface area contributed by atoms with Gasteiger partial charge in [0.05, 0.1) is 12.2 Å². The van der Waals surface area contributed by atoms with Gasteiger partial charge in [0.15, 0.2) is 0 Å². The number of carbonyl (C=O) groups excluding carboxylic acids is 1. The predicted molar refractivity (Wildman–Crippen MR) is 116 cm³/mol. The number of rotatable bonds is 9. The fraction of sp³-hybridized carbons (Fsp3) is 0.348. The van der Waals surface area contributed by atoms with Crippen LogP contribution in [-0.4, -0.2) is 37.0 Å². The van der Waals surface area contributed by atoms with Gasteiger partial charge >= 0.3 is 0 Å². The van der Waals surface area contributed by atoms with Gasteiger partial charge in [-0.25, -0.2) is 0 Å². The van der Waals surface area contributed by atoms with Crippen molar-refractivity contribution >= 4 is 22.9 Å². The van der Waals surface area contributed by atoms with E-state index in [4.69, 9.17) is 4.74 Å². The van der Waals surface area contributed by atoms with Gasteiger partial charge < -0.3 is 20.3 Å². The quantitative estimate of drug-likeness (QED) is 0.497. The number of anilines is 2. The van der Waals surface area contributed by atoms with Crippen molar-refractivity contribution in [2.75, 3.05) is 36.9 Å². The van der Waals surface area contributed by atoms with Gasteiger partial charge in [-0.1, -0.05) is 26.0 Å². The molecule has 1 aliphatic heterocycles. The van der Waals surface area contributed by atoms with Crippen molar-refractivity contribution in [1.29, 1.82) is 0 Å². The normalized spacial score (nSPS) is 14.3. The summed E-state index contributed by atoms with van der Waals surface area (Å²) in [5.41, 5.74) is 4.49. The van der Waals surface area contributed by atoms with Gasteiger partial charge in [0.2, 0.25) is 0 Å². The van der Waals surface area contributed by atoms with Crippen LogP contribution in [0.5, 0.6) is 5.75 Å². The standard InChI is InChI=1S/C23H29N3O2/c1-4-26(5-2)14-7-15-28-19-12-10-18(11-13-19)24-16-20-22-17(3)8-6-9-21(22)25-23(20)27/h6,8-13,16,24H,4-5,7,14-15H2,1-3H3,(H,25,27). The van der Waals surface area contributed by atoms with E-state index >= 15 is 0 Å². The highest BCUT2D eigenvalue weighted by Gasteiger charge is 2.25. The second kappa shape index (κ2) is 9.42. The highest BCUT2D eigenvalue weighted by molar-refractivity contribution is 6.32. The van der Waals surface area contributed by atoms with Gasteiger partial charge in [-0.05, 0) is 62.3 Å². The smallest absolute Gasteiger partial charge is 0.257 e. The Bertz CT molecular complexity index is 839. The third-order valence-corrected chi connectivity index (χ3v) is 5.05. The van der Waals surface area contributed by atoms with Crippen molar-refractivity contribution in [3.05, 3.63) is 59.8 Å². The number of carbonyl (C=O) groups is 1. The van der Waals surface area contributed by atoms with Crippen molar-refractivity contribution in [3.63, 3.8) is 0 Å². The van der Waals surface area contributed by atoms with Crippen molar-refractivity contribution in [1.82, 2.24) is 4.90 Å². The van der Waals surface area contributed by atoms with E-state index in [2.05, 4.69) is 29.4 Å². The lowest BCUT2D eigenvalue weighted by Gasteiger charge is -2.17. The monoisotopic (exact) mass is 379 g/mol. The second-order valence-electron chi connectivity index (χ2n) is 6.91. The zero-order valence-electron chi connectivity index (χ0n) is 16.9. The fourth-order valence-corrected chi connectivity index (χ4v) is 3.39. The first kappa shape index (κ1) is 20.0. The molecular formula is C23H29N3O2. The molecule has 0 saturated heterocycles. The maximum absolute atomic E-state index is 12.3. The Morgan fingerprint density at radius 2 is 1.86 bits per heavy atom. The number of ether oxygens (including phenoxy) is 1. The number of aryl methyl sites for hydroxylation is 1. The highest BCUT2D eigenvalue weighted by atomic mass is 16.5. The van der Waals surface area contributed by atoms with Crippen LogP contribution in [0.25, 0.3) is 5.57 Å². The lowest BCUT2D eigenvalue weighted by Crippen LogP contribution is -2.25. The topological polar surface area (TPSA) is 53.6 Å². The molecule has 3 rings (SSSR count). The Labute approximate surface area is 167 Å². The number of fused-ring (bicyclic) bond motifs is 1. The molecule has 5 heteroatoms. The summed E-state index contributed by atoms with van der Waals surface area (Å²) in [4.78, 5) is 14.6. The van der Waals surface area contributed by atoms with E-state index in [1.807, 2.05) is 49.4 Å². The molecule has 1 amide bonds. The summed E-state index contributed by atoms with van der Waals surface area (Å²) >= 11 is 0. The molecule has 0 bridgehead atoms. The second-order valence-corrected chi connectivity index (χ2v) is 6.91. The molecule has 0 spiro atoms. The van der Waals surface area contributed by atoms with E-state index in [0.29, 0.717) is 12.2 Å². The lowest BCUT2D eigenvalue weighted by atomic mass is 10.0. The van der Waals surface area contributed by atoms with Gasteiger partial charge in [0.1, 0.15) is 5.75 Å². The van der Waals surface area contributed by atoms with Crippen LogP contribution >= 0.6 is 0 Å². The van der Waals surface area contributed by atoms with E-state index in [0.717, 1.165) is 54.3 Å². The maximum Gasteiger partial charge on any atom is 0.257 e. The average Bonchev–Trinajstić information content (AvgIpc) is 3.04. The third kappa shape index (κ3) is 4.73. The molecular weight excluding hydrogens is 350 g/mol. The third-order valence-electron chi connectivity index (χ3n) is 5.05. The van der Waals surface area contributed by atoms with E-state index in [9.17, 15) is 4.79 Å². The molecule has 1 heterocycles. The number of nitrogens with zero attached hydrogens (tertiary/aromatic N) is 1. The zero-order chi connectivity index (χ0) is 19.9. The molecule has 5 nitrogen and oxygen atoms in total. The molecule has 0 atom stereocenters. The van der Waals surface area contributed by atoms with Crippen molar-refractivity contribution in [3.8, 4) is 5.75 Å². The van der Waals surface area contributed by atoms with Crippen LogP contribution in [0.4, 0.5) is 11.4 Å². The molecule has 28 heavy (non-hydrogen) atoms. The Kier molecular flexibility index (Phi) is 6.71. The largest absolute Gasteiger partial charge is 0.494 e. The Hall–Kier alpha value is -2.79. The zero-order valence-corrected chi connectivity index (χ0v) is 16.9. The minimum atomic E-state index is -0.0787. The first-order chi connectivity index (χ1) is 13.6. The number of hydrogen-bond donors (Lipinski definition) is 2. The molecule has 2 aromatic carbocycles. The number of benzene rings is 2. The van der Waals surface area contributed by atoms with Crippen LogP contribution in [0, 0.1) is 6.92 Å². The van der Waals surface area contributed by atoms with Gasteiger partial charge in [-0.15, -0.1) is 0 Å². The highest BCUT2D eigenvalue weighted by Crippen LogP contribution is 2.34. The van der Waals surface area contributed by atoms with Gasteiger partial charge in [0.25, 0.3) is 5.91 Å². The van der Waals surface area contributed by atoms with Gasteiger partial charge in [0, 0.05) is 29.7 Å². The molecule has 148 valence electrons. The maximum atomic E-state index is 12.3. The molecule has 0 radical (unpaired) electrons. The molecule has 0 unspecified atom stereocenters. The first-order valence-corrected chi connectivity index (χ1v) is 9.95. The summed E-state index contributed by atoms with van der Waals surface area (Å²) < 4.78 is 5.82. The summed E-state index contributed by atoms with van der Waals surface area (Å²) in [6.45, 7) is 10.3. The number of hydrogen-bond acceptors (Lipinski definition) is 4. The summed E-state index contributed by atoms with van der Waals surface area (Å²) in [6, 6.07) is 13.7. The molecule has 0 saturated carbocycles. The SMILES string of the molecule is CCN(CC)CCCOc1ccc(NC=C2C(=O)Nc3cccc(C)c32)cc1. The summed E-state index contributed by atoms with van der Waals surface area (Å²) in [7, 11) is 0. The van der Waals surface area contributed by atoms with Crippen LogP contribution in [0.1, 0.15) is 31.4 Å². The summed E-state index contributed by atoms with van der Waals surface area (Å²) in [6.07, 6.45) is 2.79.